The number of nitrogens with zero attached hydrogens (tertiary/aromatic N) is 1. The molecule has 6 nitrogen and oxygen atoms in total. The number of benzene rings is 2. The molecule has 212 valence electrons. The Morgan fingerprint density at radius 2 is 1.76 bits per heavy atom. The quantitative estimate of drug-likeness (QED) is 0.527. The van der Waals surface area contributed by atoms with Crippen LogP contribution >= 0.6 is 0 Å². The Balaban J connectivity index is 1.15. The number of hydrogen-bond acceptors (Lipinski definition) is 4. The van der Waals surface area contributed by atoms with Crippen LogP contribution in [0.5, 0.6) is 0 Å². The van der Waals surface area contributed by atoms with Crippen molar-refractivity contribution in [2.75, 3.05) is 19.6 Å². The minimum absolute atomic E-state index is 0.0144. The van der Waals surface area contributed by atoms with Crippen molar-refractivity contribution in [3.05, 3.63) is 99.9 Å². The van der Waals surface area contributed by atoms with Gasteiger partial charge in [0.15, 0.2) is 0 Å². The van der Waals surface area contributed by atoms with Crippen molar-refractivity contribution in [1.29, 1.82) is 0 Å². The Morgan fingerprint density at radius 1 is 1.00 bits per heavy atom. The third-order valence-electron chi connectivity index (χ3n) is 9.92. The highest BCUT2D eigenvalue weighted by Gasteiger charge is 2.53. The molecule has 1 saturated carbocycles. The molecule has 2 aliphatic carbocycles. The maximum Gasteiger partial charge on any atom is 0.243 e. The fraction of sp³-hybridized carbons (Fsp3) is 0.394. The van der Waals surface area contributed by atoms with Crippen LogP contribution in [0.2, 0.25) is 0 Å². The lowest BCUT2D eigenvalue weighted by molar-refractivity contribution is -0.149. The summed E-state index contributed by atoms with van der Waals surface area (Å²) in [4.78, 5) is 28.9. The van der Waals surface area contributed by atoms with Gasteiger partial charge in [0.05, 0.1) is 16.5 Å². The Bertz CT molecular complexity index is 1540. The van der Waals surface area contributed by atoms with E-state index in [-0.39, 0.29) is 11.8 Å². The number of rotatable bonds is 4. The summed E-state index contributed by atoms with van der Waals surface area (Å²) in [5.41, 5.74) is 2.69. The summed E-state index contributed by atoms with van der Waals surface area (Å²) >= 11 is 0. The van der Waals surface area contributed by atoms with Gasteiger partial charge >= 0.3 is 0 Å². The highest BCUT2D eigenvalue weighted by Crippen LogP contribution is 2.48. The number of piperazine rings is 1. The average Bonchev–Trinajstić information content (AvgIpc) is 3.65. The summed E-state index contributed by atoms with van der Waals surface area (Å²) in [7, 11) is 0. The van der Waals surface area contributed by atoms with E-state index in [0.717, 1.165) is 54.3 Å². The van der Waals surface area contributed by atoms with E-state index in [9.17, 15) is 18.4 Å². The van der Waals surface area contributed by atoms with Crippen molar-refractivity contribution in [2.24, 2.45) is 5.41 Å². The van der Waals surface area contributed by atoms with Crippen LogP contribution in [0.4, 0.5) is 8.78 Å². The van der Waals surface area contributed by atoms with Gasteiger partial charge in [-0.3, -0.25) is 9.59 Å². The monoisotopic (exact) mass is 556 g/mol. The Labute approximate surface area is 238 Å². The predicted octanol–water partition coefficient (Wildman–Crippen LogP) is 4.22. The largest absolute Gasteiger partial charge is 0.368 e. The molecule has 3 heterocycles. The van der Waals surface area contributed by atoms with Gasteiger partial charge in [-0.05, 0) is 67.0 Å². The summed E-state index contributed by atoms with van der Waals surface area (Å²) in [5.74, 6) is -0.452. The van der Waals surface area contributed by atoms with Crippen molar-refractivity contribution < 1.29 is 18.4 Å². The normalized spacial score (nSPS) is 28.1. The second-order valence-electron chi connectivity index (χ2n) is 12.4. The summed E-state index contributed by atoms with van der Waals surface area (Å²) in [5, 5.41) is 9.79. The molecule has 1 unspecified atom stereocenters. The van der Waals surface area contributed by atoms with Gasteiger partial charge in [0.1, 0.15) is 17.5 Å². The van der Waals surface area contributed by atoms with Crippen LogP contribution in [0, 0.1) is 17.0 Å². The van der Waals surface area contributed by atoms with Crippen LogP contribution in [0.3, 0.4) is 0 Å². The predicted molar refractivity (Wildman–Crippen MR) is 152 cm³/mol. The Morgan fingerprint density at radius 3 is 2.54 bits per heavy atom. The van der Waals surface area contributed by atoms with Gasteiger partial charge in [-0.2, -0.15) is 0 Å². The molecule has 2 atom stereocenters. The molecule has 3 aliphatic heterocycles. The van der Waals surface area contributed by atoms with E-state index >= 15 is 0 Å². The van der Waals surface area contributed by atoms with Crippen molar-refractivity contribution >= 4 is 17.9 Å². The maximum absolute atomic E-state index is 14.3. The van der Waals surface area contributed by atoms with Crippen LogP contribution in [-0.4, -0.2) is 41.9 Å². The highest BCUT2D eigenvalue weighted by molar-refractivity contribution is 5.94. The molecule has 2 aromatic carbocycles. The number of halogens is 2. The smallest absolute Gasteiger partial charge is 0.243 e. The molecule has 41 heavy (non-hydrogen) atoms. The second kappa shape index (κ2) is 9.38. The lowest BCUT2D eigenvalue weighted by atomic mass is 9.78. The van der Waals surface area contributed by atoms with Gasteiger partial charge < -0.3 is 20.9 Å². The number of carbonyl (C=O) groups excluding carboxylic acids is 2. The van der Waals surface area contributed by atoms with Crippen LogP contribution in [-0.2, 0) is 28.0 Å². The van der Waals surface area contributed by atoms with E-state index in [1.807, 2.05) is 25.1 Å². The van der Waals surface area contributed by atoms with Gasteiger partial charge in [-0.15, -0.1) is 0 Å². The van der Waals surface area contributed by atoms with E-state index in [0.29, 0.717) is 38.0 Å². The zero-order chi connectivity index (χ0) is 28.4. The first-order valence-electron chi connectivity index (χ1n) is 14.5. The van der Waals surface area contributed by atoms with Crippen LogP contribution in [0.25, 0.3) is 6.08 Å². The number of hydrogen-bond donors (Lipinski definition) is 3. The fourth-order valence-corrected chi connectivity index (χ4v) is 7.60. The number of amides is 2. The molecule has 7 rings (SSSR count). The maximum atomic E-state index is 14.3. The number of dihydropyridines is 1. The molecule has 0 bridgehead atoms. The number of carbonyl (C=O) groups is 2. The summed E-state index contributed by atoms with van der Waals surface area (Å²) < 4.78 is 28.5. The van der Waals surface area contributed by atoms with Gasteiger partial charge in [-0.25, -0.2) is 8.78 Å². The van der Waals surface area contributed by atoms with Crippen LogP contribution in [0.15, 0.2) is 66.0 Å². The zero-order valence-electron chi connectivity index (χ0n) is 23.2. The van der Waals surface area contributed by atoms with Crippen molar-refractivity contribution in [3.63, 3.8) is 0 Å². The fourth-order valence-electron chi connectivity index (χ4n) is 7.60. The Kier molecular flexibility index (Phi) is 5.98. The lowest BCUT2D eigenvalue weighted by Crippen LogP contribution is -2.70. The first-order chi connectivity index (χ1) is 19.7. The molecular weight excluding hydrogens is 522 g/mol. The standard InChI is InChI=1S/C33H34F2N4O2/c1-31(24-15-25(34)17-26(35)16-24)20-37-33(10-2-3-11-33)30(41)39(31)13-5-6-21-8-9-22-18-32(19-23(22)14-21)27-7-4-12-36-28(27)38-29(32)40/h4-9,14-17,36-37H,2-3,10-13,18-20H2,1H3,(H,38,40)/b6-5+/t31-,32?/m0/s1. The molecule has 2 spiro atoms. The number of fused-ring (bicyclic) bond motifs is 2. The van der Waals surface area contributed by atoms with E-state index < -0.39 is 28.1 Å². The van der Waals surface area contributed by atoms with E-state index in [2.05, 4.69) is 40.2 Å². The Hall–Kier alpha value is -3.78. The molecule has 1 saturated heterocycles. The molecule has 2 aromatic rings. The molecule has 2 amide bonds. The number of nitrogens with one attached hydrogen (secondary N) is 3. The third-order valence-corrected chi connectivity index (χ3v) is 9.92. The summed E-state index contributed by atoms with van der Waals surface area (Å²) in [6.45, 7) is 3.31. The molecule has 0 aromatic heterocycles. The van der Waals surface area contributed by atoms with Gasteiger partial charge in [0, 0.05) is 31.3 Å². The second-order valence-corrected chi connectivity index (χ2v) is 12.4. The molecule has 3 N–H and O–H groups in total. The minimum atomic E-state index is -0.911. The van der Waals surface area contributed by atoms with E-state index in [1.165, 1.54) is 17.7 Å². The SMILES string of the molecule is C[C@@]1(c2cc(F)cc(F)c2)CNC2(CCCC2)C(=O)N1C/C=C/c1ccc2c(c1)CC1(C2)C(=O)NC2=C1C=CCN2. The molecule has 5 aliphatic rings. The van der Waals surface area contributed by atoms with Crippen LogP contribution < -0.4 is 16.0 Å². The first kappa shape index (κ1) is 26.1. The summed E-state index contributed by atoms with van der Waals surface area (Å²) in [6.07, 6.45) is 12.9. The topological polar surface area (TPSA) is 73.5 Å². The van der Waals surface area contributed by atoms with Crippen molar-refractivity contribution in [1.82, 2.24) is 20.9 Å². The van der Waals surface area contributed by atoms with Crippen LogP contribution in [0.1, 0.15) is 54.9 Å². The minimum Gasteiger partial charge on any atom is -0.368 e. The average molecular weight is 557 g/mol. The molecule has 0 radical (unpaired) electrons. The molecule has 8 heteroatoms. The molecular formula is C33H34F2N4O2. The number of allylic oxidation sites excluding steroid dienone is 1. The van der Waals surface area contributed by atoms with Gasteiger partial charge in [-0.1, -0.05) is 55.3 Å². The van der Waals surface area contributed by atoms with E-state index in [1.54, 1.807) is 4.90 Å². The van der Waals surface area contributed by atoms with Gasteiger partial charge in [0.25, 0.3) is 0 Å². The summed E-state index contributed by atoms with van der Waals surface area (Å²) in [6, 6.07) is 9.79. The first-order valence-corrected chi connectivity index (χ1v) is 14.5. The lowest BCUT2D eigenvalue weighted by Gasteiger charge is -2.51. The van der Waals surface area contributed by atoms with Gasteiger partial charge in [0.2, 0.25) is 11.8 Å². The zero-order valence-corrected chi connectivity index (χ0v) is 23.2. The van der Waals surface area contributed by atoms with Crippen molar-refractivity contribution in [3.8, 4) is 0 Å². The molecule has 2 fully saturated rings. The third kappa shape index (κ3) is 4.06. The van der Waals surface area contributed by atoms with E-state index in [4.69, 9.17) is 0 Å². The highest BCUT2D eigenvalue weighted by atomic mass is 19.1. The van der Waals surface area contributed by atoms with Crippen molar-refractivity contribution in [2.45, 2.75) is 56.5 Å².